The molecule has 31 heavy (non-hydrogen) atoms. The highest BCUT2D eigenvalue weighted by Crippen LogP contribution is 2.29. The molecule has 0 heterocycles. The first kappa shape index (κ1) is 20.3. The highest BCUT2D eigenvalue weighted by molar-refractivity contribution is 5.92. The maximum Gasteiger partial charge on any atom is 0.238 e. The number of nitrogens with zero attached hydrogens (tertiary/aromatic N) is 1. The minimum absolute atomic E-state index is 0.115. The molecule has 0 fully saturated rings. The summed E-state index contributed by atoms with van der Waals surface area (Å²) >= 11 is 0. The van der Waals surface area contributed by atoms with Crippen molar-refractivity contribution in [2.24, 2.45) is 0 Å². The van der Waals surface area contributed by atoms with Crippen molar-refractivity contribution < 1.29 is 4.79 Å². The van der Waals surface area contributed by atoms with E-state index in [-0.39, 0.29) is 18.5 Å². The fourth-order valence-corrected chi connectivity index (χ4v) is 3.75. The number of hydrogen-bond donors (Lipinski definition) is 2. The minimum Gasteiger partial charge on any atom is -0.325 e. The van der Waals surface area contributed by atoms with Gasteiger partial charge < -0.3 is 5.32 Å². The summed E-state index contributed by atoms with van der Waals surface area (Å²) in [5.74, 6) is -0.116. The number of nitrogens with one attached hydrogen (secondary N) is 2. The number of carbonyl (C=O) groups excluding carboxylic acids is 1. The zero-order valence-corrected chi connectivity index (χ0v) is 17.1. The lowest BCUT2D eigenvalue weighted by atomic mass is 9.93. The van der Waals surface area contributed by atoms with E-state index >= 15 is 0 Å². The van der Waals surface area contributed by atoms with Gasteiger partial charge in [0.25, 0.3) is 0 Å². The number of hydrogen-bond acceptors (Lipinski definition) is 3. The maximum absolute atomic E-state index is 12.6. The average Bonchev–Trinajstić information content (AvgIpc) is 2.81. The monoisotopic (exact) mass is 405 g/mol. The molecule has 4 nitrogen and oxygen atoms in total. The van der Waals surface area contributed by atoms with Gasteiger partial charge in [-0.15, -0.1) is 0 Å². The Morgan fingerprint density at radius 2 is 1.55 bits per heavy atom. The Labute approximate surface area is 182 Å². The molecular weight excluding hydrogens is 382 g/mol. The lowest BCUT2D eigenvalue weighted by Gasteiger charge is -2.21. The minimum atomic E-state index is -0.116. The Hall–Kier alpha value is -3.94. The van der Waals surface area contributed by atoms with E-state index in [0.29, 0.717) is 6.42 Å². The highest BCUT2D eigenvalue weighted by Gasteiger charge is 2.17. The van der Waals surface area contributed by atoms with Crippen LogP contribution < -0.4 is 10.6 Å². The smallest absolute Gasteiger partial charge is 0.238 e. The summed E-state index contributed by atoms with van der Waals surface area (Å²) in [5, 5.41) is 17.5. The lowest BCUT2D eigenvalue weighted by molar-refractivity contribution is -0.115. The standard InChI is InChI=1S/C27H23N3O/c28-18-17-20-13-15-23(16-14-20)30-26(31)19-29-27(22-8-2-1-3-9-22)25-12-6-10-21-7-4-5-11-24(21)25/h1-16,27,29H,17,19H2,(H,30,31). The number of anilines is 1. The number of rotatable bonds is 7. The van der Waals surface area contributed by atoms with E-state index in [1.807, 2.05) is 54.6 Å². The highest BCUT2D eigenvalue weighted by atomic mass is 16.1. The third-order valence-corrected chi connectivity index (χ3v) is 5.25. The van der Waals surface area contributed by atoms with Gasteiger partial charge in [0.15, 0.2) is 0 Å². The van der Waals surface area contributed by atoms with E-state index in [1.165, 1.54) is 10.8 Å². The van der Waals surface area contributed by atoms with Gasteiger partial charge in [0.2, 0.25) is 5.91 Å². The number of benzene rings is 4. The number of nitriles is 1. The summed E-state index contributed by atoms with van der Waals surface area (Å²) in [6.07, 6.45) is 0.361. The van der Waals surface area contributed by atoms with Gasteiger partial charge in [0, 0.05) is 5.69 Å². The second-order valence-electron chi connectivity index (χ2n) is 7.37. The molecular formula is C27H23N3O. The SMILES string of the molecule is N#CCc1ccc(NC(=O)CNC(c2ccccc2)c2cccc3ccccc23)cc1. The van der Waals surface area contributed by atoms with Crippen molar-refractivity contribution in [2.45, 2.75) is 12.5 Å². The van der Waals surface area contributed by atoms with Crippen LogP contribution in [0, 0.1) is 11.3 Å². The Kier molecular flexibility index (Phi) is 6.37. The molecule has 1 atom stereocenters. The first-order valence-corrected chi connectivity index (χ1v) is 10.3. The molecule has 4 heteroatoms. The molecule has 0 saturated carbocycles. The first-order valence-electron chi connectivity index (χ1n) is 10.3. The normalized spacial score (nSPS) is 11.6. The van der Waals surface area contributed by atoms with E-state index in [9.17, 15) is 4.79 Å². The van der Waals surface area contributed by atoms with Gasteiger partial charge >= 0.3 is 0 Å². The van der Waals surface area contributed by atoms with Crippen LogP contribution in [0.2, 0.25) is 0 Å². The molecule has 4 aromatic carbocycles. The number of amides is 1. The zero-order valence-electron chi connectivity index (χ0n) is 17.1. The molecule has 0 bridgehead atoms. The van der Waals surface area contributed by atoms with Crippen molar-refractivity contribution in [1.29, 1.82) is 5.26 Å². The third kappa shape index (κ3) is 4.98. The molecule has 152 valence electrons. The van der Waals surface area contributed by atoms with E-state index in [2.05, 4.69) is 59.2 Å². The molecule has 4 aromatic rings. The molecule has 0 radical (unpaired) electrons. The van der Waals surface area contributed by atoms with Crippen LogP contribution in [0.1, 0.15) is 22.7 Å². The van der Waals surface area contributed by atoms with Crippen LogP contribution in [0.25, 0.3) is 10.8 Å². The summed E-state index contributed by atoms with van der Waals surface area (Å²) in [7, 11) is 0. The van der Waals surface area contributed by atoms with Crippen molar-refractivity contribution in [3.8, 4) is 6.07 Å². The molecule has 4 rings (SSSR count). The fraction of sp³-hybridized carbons (Fsp3) is 0.111. The Balaban J connectivity index is 1.53. The molecule has 2 N–H and O–H groups in total. The van der Waals surface area contributed by atoms with Crippen molar-refractivity contribution in [3.05, 3.63) is 114 Å². The zero-order chi connectivity index (χ0) is 21.5. The molecule has 0 aliphatic heterocycles. The van der Waals surface area contributed by atoms with Crippen LogP contribution in [0.5, 0.6) is 0 Å². The topological polar surface area (TPSA) is 64.9 Å². The van der Waals surface area contributed by atoms with E-state index < -0.39 is 0 Å². The number of carbonyl (C=O) groups is 1. The quantitative estimate of drug-likeness (QED) is 0.443. The second-order valence-corrected chi connectivity index (χ2v) is 7.37. The van der Waals surface area contributed by atoms with Crippen molar-refractivity contribution in [3.63, 3.8) is 0 Å². The molecule has 0 aliphatic carbocycles. The maximum atomic E-state index is 12.6. The third-order valence-electron chi connectivity index (χ3n) is 5.25. The largest absolute Gasteiger partial charge is 0.325 e. The van der Waals surface area contributed by atoms with Gasteiger partial charge in [-0.2, -0.15) is 5.26 Å². The summed E-state index contributed by atoms with van der Waals surface area (Å²) in [6.45, 7) is 0.169. The van der Waals surface area contributed by atoms with Gasteiger partial charge in [-0.25, -0.2) is 0 Å². The van der Waals surface area contributed by atoms with Gasteiger partial charge in [-0.05, 0) is 39.6 Å². The molecule has 1 amide bonds. The predicted octanol–water partition coefficient (Wildman–Crippen LogP) is 5.22. The molecule has 0 aliphatic rings. The summed E-state index contributed by atoms with van der Waals surface area (Å²) in [4.78, 5) is 12.6. The van der Waals surface area contributed by atoms with E-state index in [0.717, 1.165) is 22.4 Å². The fourth-order valence-electron chi connectivity index (χ4n) is 3.75. The van der Waals surface area contributed by atoms with Gasteiger partial charge in [-0.3, -0.25) is 10.1 Å². The molecule has 0 spiro atoms. The molecule has 1 unspecified atom stereocenters. The van der Waals surface area contributed by atoms with Crippen molar-refractivity contribution >= 4 is 22.4 Å². The van der Waals surface area contributed by atoms with E-state index in [1.54, 1.807) is 0 Å². The van der Waals surface area contributed by atoms with Gasteiger partial charge in [0.1, 0.15) is 0 Å². The Morgan fingerprint density at radius 1 is 0.839 bits per heavy atom. The first-order chi connectivity index (χ1) is 15.2. The van der Waals surface area contributed by atoms with Crippen molar-refractivity contribution in [2.75, 3.05) is 11.9 Å². The van der Waals surface area contributed by atoms with Crippen LogP contribution in [0.3, 0.4) is 0 Å². The van der Waals surface area contributed by atoms with Crippen molar-refractivity contribution in [1.82, 2.24) is 5.32 Å². The second kappa shape index (κ2) is 9.71. The Bertz CT molecular complexity index is 1210. The predicted molar refractivity (Wildman–Crippen MR) is 125 cm³/mol. The van der Waals surface area contributed by atoms with Crippen LogP contribution in [0.4, 0.5) is 5.69 Å². The molecule has 0 aromatic heterocycles. The number of fused-ring (bicyclic) bond motifs is 1. The van der Waals surface area contributed by atoms with Gasteiger partial charge in [0.05, 0.1) is 25.1 Å². The summed E-state index contributed by atoms with van der Waals surface area (Å²) in [6, 6.07) is 34.1. The van der Waals surface area contributed by atoms with Crippen LogP contribution in [-0.2, 0) is 11.2 Å². The van der Waals surface area contributed by atoms with Gasteiger partial charge in [-0.1, -0.05) is 84.9 Å². The summed E-state index contributed by atoms with van der Waals surface area (Å²) in [5.41, 5.74) is 3.89. The van der Waals surface area contributed by atoms with Crippen LogP contribution >= 0.6 is 0 Å². The molecule has 0 saturated heterocycles. The average molecular weight is 406 g/mol. The summed E-state index contributed by atoms with van der Waals surface area (Å²) < 4.78 is 0. The van der Waals surface area contributed by atoms with Crippen LogP contribution in [-0.4, -0.2) is 12.5 Å². The lowest BCUT2D eigenvalue weighted by Crippen LogP contribution is -2.32. The van der Waals surface area contributed by atoms with Crippen LogP contribution in [0.15, 0.2) is 97.1 Å². The van der Waals surface area contributed by atoms with E-state index in [4.69, 9.17) is 5.26 Å². The Morgan fingerprint density at radius 3 is 2.32 bits per heavy atom.